The molecule has 0 aromatic carbocycles. The standard InChI is InChI=1S/C28H43NO7/c1-15(4-9-25(35)36-29-23(33)7-8-24(29)34)18-5-6-19-26-20(14-22(32)28(18,19)3)27(2)11-10-17(30)12-16(27)13-21(26)31/h7-8,15-22,26,30-34H,4-6,9-14H2,1-3H3/t15-,16+,17-,18?,19+,20?,21+,22-,26-,27?,28?/m1/s1. The summed E-state index contributed by atoms with van der Waals surface area (Å²) in [5.41, 5.74) is -0.270. The molecule has 0 bridgehead atoms. The minimum absolute atomic E-state index is 0.0501. The lowest BCUT2D eigenvalue weighted by Crippen LogP contribution is -2.62. The van der Waals surface area contributed by atoms with Crippen LogP contribution in [0, 0.1) is 46.3 Å². The van der Waals surface area contributed by atoms with Gasteiger partial charge in [-0.05, 0) is 97.7 Å². The van der Waals surface area contributed by atoms with Crippen molar-refractivity contribution in [3.05, 3.63) is 12.1 Å². The van der Waals surface area contributed by atoms with E-state index in [1.807, 2.05) is 0 Å². The van der Waals surface area contributed by atoms with Crippen molar-refractivity contribution in [2.75, 3.05) is 0 Å². The first-order valence-corrected chi connectivity index (χ1v) is 13.8. The molecule has 4 fully saturated rings. The largest absolute Gasteiger partial charge is 0.492 e. The summed E-state index contributed by atoms with van der Waals surface area (Å²) in [5.74, 6) is 0.145. The minimum atomic E-state index is -0.534. The summed E-state index contributed by atoms with van der Waals surface area (Å²) in [5, 5.41) is 52.8. The van der Waals surface area contributed by atoms with E-state index in [1.165, 1.54) is 12.1 Å². The van der Waals surface area contributed by atoms with Gasteiger partial charge in [0.2, 0.25) is 11.8 Å². The highest BCUT2D eigenvalue weighted by atomic mass is 16.7. The number of aliphatic hydroxyl groups excluding tert-OH is 3. The van der Waals surface area contributed by atoms with E-state index in [-0.39, 0.29) is 64.7 Å². The van der Waals surface area contributed by atoms with Crippen molar-refractivity contribution in [1.82, 2.24) is 4.73 Å². The first-order valence-electron chi connectivity index (χ1n) is 13.8. The molecule has 0 saturated heterocycles. The Hall–Kier alpha value is -1.77. The van der Waals surface area contributed by atoms with E-state index in [1.54, 1.807) is 0 Å². The smallest absolute Gasteiger partial charge is 0.333 e. The summed E-state index contributed by atoms with van der Waals surface area (Å²) in [6.45, 7) is 6.67. The van der Waals surface area contributed by atoms with E-state index in [9.17, 15) is 30.3 Å². The summed E-state index contributed by atoms with van der Waals surface area (Å²) in [7, 11) is 0. The number of carbonyl (C=O) groups is 1. The third kappa shape index (κ3) is 3.95. The second-order valence-corrected chi connectivity index (χ2v) is 12.8. The molecule has 202 valence electrons. The van der Waals surface area contributed by atoms with E-state index in [4.69, 9.17) is 4.84 Å². The van der Waals surface area contributed by atoms with Crippen LogP contribution < -0.4 is 4.84 Å². The van der Waals surface area contributed by atoms with E-state index >= 15 is 0 Å². The van der Waals surface area contributed by atoms with Crippen LogP contribution >= 0.6 is 0 Å². The van der Waals surface area contributed by atoms with Gasteiger partial charge in [-0.2, -0.15) is 0 Å². The van der Waals surface area contributed by atoms with Crippen molar-refractivity contribution in [3.8, 4) is 11.8 Å². The topological polar surface area (TPSA) is 132 Å². The molecule has 8 nitrogen and oxygen atoms in total. The molecule has 5 N–H and O–H groups in total. The molecule has 4 saturated carbocycles. The van der Waals surface area contributed by atoms with Crippen molar-refractivity contribution in [1.29, 1.82) is 0 Å². The van der Waals surface area contributed by atoms with Gasteiger partial charge in [0.05, 0.1) is 18.3 Å². The average Bonchev–Trinajstić information content (AvgIpc) is 3.34. The molecule has 0 aliphatic heterocycles. The molecular weight excluding hydrogens is 462 g/mol. The summed E-state index contributed by atoms with van der Waals surface area (Å²) in [6.07, 6.45) is 5.45. The fourth-order valence-electron chi connectivity index (χ4n) is 9.32. The van der Waals surface area contributed by atoms with Gasteiger partial charge in [0, 0.05) is 18.6 Å². The lowest BCUT2D eigenvalue weighted by atomic mass is 9.43. The van der Waals surface area contributed by atoms with Gasteiger partial charge < -0.3 is 30.4 Å². The monoisotopic (exact) mass is 505 g/mol. The van der Waals surface area contributed by atoms with Gasteiger partial charge in [0.25, 0.3) is 0 Å². The number of nitrogens with zero attached hydrogens (tertiary/aromatic N) is 1. The number of hydrogen-bond acceptors (Lipinski definition) is 7. The number of rotatable bonds is 5. The number of carbonyl (C=O) groups excluding carboxylic acids is 1. The Labute approximate surface area is 213 Å². The Balaban J connectivity index is 1.29. The summed E-state index contributed by atoms with van der Waals surface area (Å²) >= 11 is 0. The molecule has 4 unspecified atom stereocenters. The van der Waals surface area contributed by atoms with Crippen molar-refractivity contribution in [3.63, 3.8) is 0 Å². The van der Waals surface area contributed by atoms with Crippen LogP contribution in [0.15, 0.2) is 12.1 Å². The Morgan fingerprint density at radius 2 is 1.75 bits per heavy atom. The highest BCUT2D eigenvalue weighted by Crippen LogP contribution is 2.68. The second-order valence-electron chi connectivity index (χ2n) is 12.8. The third-order valence-electron chi connectivity index (χ3n) is 11.3. The molecule has 0 amide bonds. The Bertz CT molecular complexity index is 960. The van der Waals surface area contributed by atoms with Crippen molar-refractivity contribution in [2.45, 2.75) is 96.9 Å². The summed E-state index contributed by atoms with van der Waals surface area (Å²) in [4.78, 5) is 17.5. The predicted octanol–water partition coefficient (Wildman–Crippen LogP) is 3.23. The van der Waals surface area contributed by atoms with Gasteiger partial charge in [-0.15, -0.1) is 4.73 Å². The zero-order valence-electron chi connectivity index (χ0n) is 21.7. The molecule has 4 aliphatic rings. The quantitative estimate of drug-likeness (QED) is 0.415. The molecule has 36 heavy (non-hydrogen) atoms. The first-order chi connectivity index (χ1) is 17.0. The Morgan fingerprint density at radius 3 is 2.44 bits per heavy atom. The molecule has 8 heteroatoms. The van der Waals surface area contributed by atoms with Gasteiger partial charge in [-0.1, -0.05) is 20.8 Å². The third-order valence-corrected chi connectivity index (χ3v) is 11.3. The van der Waals surface area contributed by atoms with Gasteiger partial charge in [0.1, 0.15) is 0 Å². The summed E-state index contributed by atoms with van der Waals surface area (Å²) < 4.78 is 0.716. The maximum atomic E-state index is 12.4. The van der Waals surface area contributed by atoms with Gasteiger partial charge in [0.15, 0.2) is 0 Å². The molecular formula is C28H43NO7. The van der Waals surface area contributed by atoms with E-state index < -0.39 is 18.2 Å². The van der Waals surface area contributed by atoms with E-state index in [0.717, 1.165) is 38.5 Å². The van der Waals surface area contributed by atoms with Crippen LogP contribution in [-0.4, -0.2) is 54.5 Å². The highest BCUT2D eigenvalue weighted by Gasteiger charge is 2.65. The maximum absolute atomic E-state index is 12.4. The fourth-order valence-corrected chi connectivity index (χ4v) is 9.32. The van der Waals surface area contributed by atoms with Gasteiger partial charge in [-0.25, -0.2) is 4.79 Å². The van der Waals surface area contributed by atoms with Crippen LogP contribution in [0.4, 0.5) is 0 Å². The fraction of sp³-hybridized carbons (Fsp3) is 0.821. The predicted molar refractivity (Wildman–Crippen MR) is 132 cm³/mol. The van der Waals surface area contributed by atoms with Gasteiger partial charge >= 0.3 is 5.97 Å². The molecule has 11 atom stereocenters. The molecule has 0 spiro atoms. The molecule has 1 aromatic rings. The zero-order valence-corrected chi connectivity index (χ0v) is 21.7. The first kappa shape index (κ1) is 25.9. The van der Waals surface area contributed by atoms with Crippen LogP contribution in [-0.2, 0) is 4.79 Å². The molecule has 1 heterocycles. The lowest BCUT2D eigenvalue weighted by molar-refractivity contribution is -0.207. The number of aromatic nitrogens is 1. The lowest BCUT2D eigenvalue weighted by Gasteiger charge is -2.63. The van der Waals surface area contributed by atoms with E-state index in [0.29, 0.717) is 23.5 Å². The molecule has 1 aromatic heterocycles. The normalized spacial score (nSPS) is 44.8. The number of fused-ring (bicyclic) bond motifs is 5. The van der Waals surface area contributed by atoms with Crippen LogP contribution in [0.1, 0.15) is 78.6 Å². The number of hydrogen-bond donors (Lipinski definition) is 5. The Morgan fingerprint density at radius 1 is 1.06 bits per heavy atom. The SMILES string of the molecule is C[C@H](CCC(=O)On1c(O)ccc1O)C1CC[C@H]2[C@@H]3C(C[C@@H](O)C12C)C1(C)CC[C@@H](O)C[C@H]1C[C@@H]3O. The van der Waals surface area contributed by atoms with Crippen molar-refractivity contribution >= 4 is 5.97 Å². The minimum Gasteiger partial charge on any atom is -0.492 e. The maximum Gasteiger partial charge on any atom is 0.333 e. The van der Waals surface area contributed by atoms with Crippen LogP contribution in [0.2, 0.25) is 0 Å². The van der Waals surface area contributed by atoms with Gasteiger partial charge in [-0.3, -0.25) is 0 Å². The Kier molecular flexibility index (Phi) is 6.61. The second kappa shape index (κ2) is 9.21. The highest BCUT2D eigenvalue weighted by molar-refractivity contribution is 5.69. The molecule has 5 rings (SSSR count). The molecule has 4 aliphatic carbocycles. The average molecular weight is 506 g/mol. The van der Waals surface area contributed by atoms with Crippen LogP contribution in [0.25, 0.3) is 0 Å². The van der Waals surface area contributed by atoms with E-state index in [2.05, 4.69) is 20.8 Å². The number of aliphatic hydroxyl groups is 3. The van der Waals surface area contributed by atoms with Crippen molar-refractivity contribution < 1.29 is 35.2 Å². The van der Waals surface area contributed by atoms with Crippen LogP contribution in [0.5, 0.6) is 11.8 Å². The summed E-state index contributed by atoms with van der Waals surface area (Å²) in [6, 6.07) is 2.50. The van der Waals surface area contributed by atoms with Crippen LogP contribution in [0.3, 0.4) is 0 Å². The van der Waals surface area contributed by atoms with Crippen molar-refractivity contribution in [2.24, 2.45) is 46.3 Å². The number of aromatic hydroxyl groups is 2. The zero-order chi connectivity index (χ0) is 26.0. The molecule has 0 radical (unpaired) electrons.